The SMILES string of the molecule is CCCC(C#N)C[O]. The van der Waals surface area contributed by atoms with Crippen molar-refractivity contribution in [2.75, 3.05) is 6.61 Å². The minimum absolute atomic E-state index is 0.246. The van der Waals surface area contributed by atoms with Crippen molar-refractivity contribution >= 4 is 0 Å². The first-order valence-corrected chi connectivity index (χ1v) is 2.82. The van der Waals surface area contributed by atoms with E-state index < -0.39 is 0 Å². The fourth-order valence-corrected chi connectivity index (χ4v) is 0.534. The second kappa shape index (κ2) is 4.61. The molecule has 2 nitrogen and oxygen atoms in total. The van der Waals surface area contributed by atoms with Crippen LogP contribution in [0.5, 0.6) is 0 Å². The van der Waals surface area contributed by atoms with Gasteiger partial charge in [0.15, 0.2) is 0 Å². The van der Waals surface area contributed by atoms with Crippen molar-refractivity contribution in [3.8, 4) is 6.07 Å². The van der Waals surface area contributed by atoms with E-state index in [1.54, 1.807) is 0 Å². The summed E-state index contributed by atoms with van der Waals surface area (Å²) in [5.74, 6) is -0.250. The zero-order chi connectivity index (χ0) is 6.41. The predicted molar refractivity (Wildman–Crippen MR) is 29.6 cm³/mol. The Morgan fingerprint density at radius 3 is 2.50 bits per heavy atom. The Hall–Kier alpha value is -0.550. The molecule has 2 heteroatoms. The third kappa shape index (κ3) is 2.59. The molecular formula is C6H10NO. The molecule has 0 aliphatic rings. The molecule has 0 fully saturated rings. The fraction of sp³-hybridized carbons (Fsp3) is 0.833. The third-order valence-electron chi connectivity index (χ3n) is 1.02. The number of hydrogen-bond acceptors (Lipinski definition) is 1. The van der Waals surface area contributed by atoms with Crippen molar-refractivity contribution in [3.05, 3.63) is 0 Å². The maximum Gasteiger partial charge on any atom is 0.0980 e. The van der Waals surface area contributed by atoms with Crippen LogP contribution in [0.1, 0.15) is 19.8 Å². The quantitative estimate of drug-likeness (QED) is 0.543. The van der Waals surface area contributed by atoms with Crippen LogP contribution in [-0.4, -0.2) is 6.61 Å². The summed E-state index contributed by atoms with van der Waals surface area (Å²) in [5, 5.41) is 18.2. The lowest BCUT2D eigenvalue weighted by atomic mass is 10.1. The minimum atomic E-state index is -0.250. The standard InChI is InChI=1S/C6H10NO/c1-2-3-6(4-7)5-8/h6H,2-3,5H2,1H3. The van der Waals surface area contributed by atoms with Gasteiger partial charge in [-0.05, 0) is 6.42 Å². The Morgan fingerprint density at radius 2 is 2.38 bits per heavy atom. The Bertz CT molecular complexity index is 85.0. The normalized spacial score (nSPS) is 12.6. The van der Waals surface area contributed by atoms with Crippen molar-refractivity contribution in [1.29, 1.82) is 5.26 Å². The highest BCUT2D eigenvalue weighted by Crippen LogP contribution is 2.01. The second-order valence-corrected chi connectivity index (χ2v) is 1.78. The molecule has 0 aromatic carbocycles. The van der Waals surface area contributed by atoms with Crippen LogP contribution in [0.25, 0.3) is 0 Å². The van der Waals surface area contributed by atoms with Crippen LogP contribution in [0.15, 0.2) is 0 Å². The lowest BCUT2D eigenvalue weighted by Gasteiger charge is -1.97. The topological polar surface area (TPSA) is 43.7 Å². The van der Waals surface area contributed by atoms with E-state index in [9.17, 15) is 5.11 Å². The summed E-state index contributed by atoms with van der Waals surface area (Å²) in [5.41, 5.74) is 0. The Kier molecular flexibility index (Phi) is 4.29. The maximum atomic E-state index is 10.0. The van der Waals surface area contributed by atoms with Crippen molar-refractivity contribution in [1.82, 2.24) is 0 Å². The van der Waals surface area contributed by atoms with Crippen LogP contribution in [0, 0.1) is 17.2 Å². The summed E-state index contributed by atoms with van der Waals surface area (Å²) in [6, 6.07) is 1.94. The fourth-order valence-electron chi connectivity index (χ4n) is 0.534. The summed E-state index contributed by atoms with van der Waals surface area (Å²) in [4.78, 5) is 0. The Morgan fingerprint density at radius 1 is 1.75 bits per heavy atom. The Labute approximate surface area is 49.8 Å². The van der Waals surface area contributed by atoms with Gasteiger partial charge in [-0.15, -0.1) is 0 Å². The molecule has 1 atom stereocenters. The molecule has 0 spiro atoms. The molecule has 0 saturated heterocycles. The van der Waals surface area contributed by atoms with E-state index in [4.69, 9.17) is 5.26 Å². The molecule has 1 radical (unpaired) electrons. The molecule has 0 aromatic heterocycles. The molecule has 45 valence electrons. The van der Waals surface area contributed by atoms with E-state index in [0.29, 0.717) is 0 Å². The molecule has 0 aliphatic heterocycles. The van der Waals surface area contributed by atoms with Crippen molar-refractivity contribution in [2.24, 2.45) is 5.92 Å². The van der Waals surface area contributed by atoms with E-state index in [1.807, 2.05) is 13.0 Å². The number of hydrogen-bond donors (Lipinski definition) is 0. The van der Waals surface area contributed by atoms with Gasteiger partial charge in [-0.25, -0.2) is 5.11 Å². The number of nitrogens with zero attached hydrogens (tertiary/aromatic N) is 1. The molecule has 8 heavy (non-hydrogen) atoms. The summed E-state index contributed by atoms with van der Waals surface area (Å²) in [7, 11) is 0. The highest BCUT2D eigenvalue weighted by molar-refractivity contribution is 4.80. The number of nitriles is 1. The molecule has 0 saturated carbocycles. The summed E-state index contributed by atoms with van der Waals surface area (Å²) < 4.78 is 0. The van der Waals surface area contributed by atoms with Gasteiger partial charge in [0.2, 0.25) is 0 Å². The monoisotopic (exact) mass is 112 g/mol. The van der Waals surface area contributed by atoms with Crippen LogP contribution in [-0.2, 0) is 5.11 Å². The first kappa shape index (κ1) is 7.45. The molecule has 0 heterocycles. The van der Waals surface area contributed by atoms with Crippen LogP contribution < -0.4 is 0 Å². The predicted octanol–water partition coefficient (Wildman–Crippen LogP) is 1.36. The van der Waals surface area contributed by atoms with E-state index in [-0.39, 0.29) is 12.5 Å². The van der Waals surface area contributed by atoms with E-state index >= 15 is 0 Å². The average molecular weight is 112 g/mol. The molecule has 0 bridgehead atoms. The van der Waals surface area contributed by atoms with Gasteiger partial charge >= 0.3 is 0 Å². The van der Waals surface area contributed by atoms with Crippen molar-refractivity contribution in [2.45, 2.75) is 19.8 Å². The van der Waals surface area contributed by atoms with Crippen LogP contribution in [0.2, 0.25) is 0 Å². The van der Waals surface area contributed by atoms with Crippen LogP contribution in [0.4, 0.5) is 0 Å². The van der Waals surface area contributed by atoms with E-state index in [2.05, 4.69) is 0 Å². The molecule has 0 aromatic rings. The van der Waals surface area contributed by atoms with Gasteiger partial charge in [-0.2, -0.15) is 5.26 Å². The zero-order valence-corrected chi connectivity index (χ0v) is 5.05. The van der Waals surface area contributed by atoms with Gasteiger partial charge in [0.1, 0.15) is 0 Å². The lowest BCUT2D eigenvalue weighted by Crippen LogP contribution is -1.99. The molecule has 0 rings (SSSR count). The summed E-state index contributed by atoms with van der Waals surface area (Å²) in [6.45, 7) is 1.73. The first-order valence-electron chi connectivity index (χ1n) is 2.82. The van der Waals surface area contributed by atoms with Crippen LogP contribution in [0.3, 0.4) is 0 Å². The van der Waals surface area contributed by atoms with Gasteiger partial charge in [0.25, 0.3) is 0 Å². The number of rotatable bonds is 3. The lowest BCUT2D eigenvalue weighted by molar-refractivity contribution is 0.160. The van der Waals surface area contributed by atoms with Crippen molar-refractivity contribution < 1.29 is 5.11 Å². The first-order chi connectivity index (χ1) is 3.85. The maximum absolute atomic E-state index is 10.0. The van der Waals surface area contributed by atoms with Crippen LogP contribution >= 0.6 is 0 Å². The Balaban J connectivity index is 3.26. The summed E-state index contributed by atoms with van der Waals surface area (Å²) in [6.07, 6.45) is 1.68. The molecule has 0 amide bonds. The highest BCUT2D eigenvalue weighted by atomic mass is 16.3. The van der Waals surface area contributed by atoms with Gasteiger partial charge in [-0.1, -0.05) is 13.3 Å². The molecule has 0 aliphatic carbocycles. The van der Waals surface area contributed by atoms with Gasteiger partial charge < -0.3 is 0 Å². The largest absolute Gasteiger partial charge is 0.235 e. The van der Waals surface area contributed by atoms with Crippen molar-refractivity contribution in [3.63, 3.8) is 0 Å². The zero-order valence-electron chi connectivity index (χ0n) is 5.05. The van der Waals surface area contributed by atoms with Gasteiger partial charge in [0, 0.05) is 0 Å². The van der Waals surface area contributed by atoms with E-state index in [1.165, 1.54) is 0 Å². The molecule has 0 N–H and O–H groups in total. The highest BCUT2D eigenvalue weighted by Gasteiger charge is 2.02. The minimum Gasteiger partial charge on any atom is -0.235 e. The third-order valence-corrected chi connectivity index (χ3v) is 1.02. The van der Waals surface area contributed by atoms with Gasteiger partial charge in [-0.3, -0.25) is 0 Å². The average Bonchev–Trinajstić information content (AvgIpc) is 1.83. The molecular weight excluding hydrogens is 102 g/mol. The van der Waals surface area contributed by atoms with E-state index in [0.717, 1.165) is 12.8 Å². The summed E-state index contributed by atoms with van der Waals surface area (Å²) >= 11 is 0. The smallest absolute Gasteiger partial charge is 0.0980 e. The second-order valence-electron chi connectivity index (χ2n) is 1.78. The van der Waals surface area contributed by atoms with Gasteiger partial charge in [0.05, 0.1) is 18.6 Å². The molecule has 1 unspecified atom stereocenters.